The number of anilines is 3. The third-order valence-electron chi connectivity index (χ3n) is 4.38. The van der Waals surface area contributed by atoms with E-state index < -0.39 is 0 Å². The lowest BCUT2D eigenvalue weighted by molar-refractivity contribution is 0.0966. The molecule has 0 saturated carbocycles. The minimum atomic E-state index is -0.246. The summed E-state index contributed by atoms with van der Waals surface area (Å²) in [6.07, 6.45) is 0. The quantitative estimate of drug-likeness (QED) is 0.587. The first-order valence-electron chi connectivity index (χ1n) is 8.61. The molecule has 1 amide bonds. The Kier molecular flexibility index (Phi) is 5.54. The van der Waals surface area contributed by atoms with E-state index >= 15 is 0 Å². The van der Waals surface area contributed by atoms with Crippen molar-refractivity contribution >= 4 is 23.2 Å². The molecule has 8 nitrogen and oxygen atoms in total. The van der Waals surface area contributed by atoms with Crippen molar-refractivity contribution in [3.8, 4) is 6.07 Å². The number of ether oxygens (including phenoxy) is 1. The smallest absolute Gasteiger partial charge is 0.255 e. The van der Waals surface area contributed by atoms with Gasteiger partial charge in [0.25, 0.3) is 5.91 Å². The molecule has 1 aromatic heterocycles. The van der Waals surface area contributed by atoms with Crippen molar-refractivity contribution in [1.82, 2.24) is 10.3 Å². The number of rotatable bonds is 7. The van der Waals surface area contributed by atoms with Crippen LogP contribution in [-0.2, 0) is 11.3 Å². The summed E-state index contributed by atoms with van der Waals surface area (Å²) >= 11 is 0. The van der Waals surface area contributed by atoms with E-state index in [2.05, 4.69) is 27.0 Å². The van der Waals surface area contributed by atoms with Crippen molar-refractivity contribution in [3.63, 3.8) is 0 Å². The van der Waals surface area contributed by atoms with E-state index in [-0.39, 0.29) is 11.9 Å². The summed E-state index contributed by atoms with van der Waals surface area (Å²) in [6.45, 7) is 3.03. The molecule has 3 rings (SSSR count). The van der Waals surface area contributed by atoms with Gasteiger partial charge in [0.05, 0.1) is 12.2 Å². The van der Waals surface area contributed by atoms with Crippen molar-refractivity contribution < 1.29 is 9.53 Å². The number of pyridine rings is 1. The minimum Gasteiger partial charge on any atom is -0.383 e. The molecule has 0 unspecified atom stereocenters. The number of fused-ring (bicyclic) bond motifs is 1. The molecule has 1 aliphatic heterocycles. The molecule has 1 aliphatic rings. The number of nitrogens with one attached hydrogen (secondary N) is 3. The average Bonchev–Trinajstić information content (AvgIpc) is 3.04. The zero-order valence-electron chi connectivity index (χ0n) is 15.3. The first-order chi connectivity index (χ1) is 13.0. The third kappa shape index (κ3) is 3.84. The van der Waals surface area contributed by atoms with Crippen LogP contribution in [0.2, 0.25) is 0 Å². The van der Waals surface area contributed by atoms with Gasteiger partial charge >= 0.3 is 0 Å². The Morgan fingerprint density at radius 3 is 2.89 bits per heavy atom. The summed E-state index contributed by atoms with van der Waals surface area (Å²) in [5.41, 5.74) is 9.22. The molecule has 140 valence electrons. The van der Waals surface area contributed by atoms with Gasteiger partial charge in [-0.15, -0.1) is 0 Å². The summed E-state index contributed by atoms with van der Waals surface area (Å²) in [4.78, 5) is 16.9. The number of aryl methyl sites for hydroxylation is 1. The lowest BCUT2D eigenvalue weighted by Crippen LogP contribution is -2.33. The number of benzene rings is 1. The summed E-state index contributed by atoms with van der Waals surface area (Å²) in [5.74, 6) is 0.569. The van der Waals surface area contributed by atoms with Crippen LogP contribution < -0.4 is 21.7 Å². The van der Waals surface area contributed by atoms with Gasteiger partial charge in [-0.25, -0.2) is 4.98 Å². The standard InChI is InChI=1S/C19H22N6O2/c1-11-5-3-4-6-15(11)24-18-16-14(9-23-19(16)26)13(7-20)17(25-18)22-8-12(21)10-27-2/h3-6,12H,8-10,21H2,1-2H3,(H,23,26)(H2,22,24,25)/t12-/m1/s1. The van der Waals surface area contributed by atoms with Crippen LogP contribution in [-0.4, -0.2) is 37.2 Å². The van der Waals surface area contributed by atoms with Crippen LogP contribution >= 0.6 is 0 Å². The molecule has 0 radical (unpaired) electrons. The normalized spacial score (nSPS) is 13.5. The number of nitrogens with two attached hydrogens (primary N) is 1. The van der Waals surface area contributed by atoms with Crippen LogP contribution in [0, 0.1) is 18.3 Å². The molecule has 0 bridgehead atoms. The van der Waals surface area contributed by atoms with Crippen molar-refractivity contribution in [2.45, 2.75) is 19.5 Å². The minimum absolute atomic E-state index is 0.243. The zero-order chi connectivity index (χ0) is 19.4. The monoisotopic (exact) mass is 366 g/mol. The van der Waals surface area contributed by atoms with E-state index in [0.717, 1.165) is 11.3 Å². The van der Waals surface area contributed by atoms with Crippen LogP contribution in [0.15, 0.2) is 24.3 Å². The number of nitriles is 1. The Labute approximate surface area is 157 Å². The topological polar surface area (TPSA) is 125 Å². The fourth-order valence-corrected chi connectivity index (χ4v) is 2.99. The van der Waals surface area contributed by atoms with Gasteiger partial charge < -0.3 is 26.4 Å². The van der Waals surface area contributed by atoms with Crippen LogP contribution in [0.1, 0.15) is 27.0 Å². The molecule has 1 aromatic carbocycles. The molecular formula is C19H22N6O2. The Balaban J connectivity index is 2.01. The van der Waals surface area contributed by atoms with E-state index in [9.17, 15) is 10.1 Å². The summed E-state index contributed by atoms with van der Waals surface area (Å²) in [5, 5.41) is 18.7. The SMILES string of the molecule is COC[C@H](N)CNc1nc(Nc2ccccc2C)c2c(c1C#N)CNC2=O. The van der Waals surface area contributed by atoms with Crippen LogP contribution in [0.4, 0.5) is 17.3 Å². The number of methoxy groups -OCH3 is 1. The second-order valence-electron chi connectivity index (χ2n) is 6.37. The van der Waals surface area contributed by atoms with Crippen LogP contribution in [0.3, 0.4) is 0 Å². The number of carbonyl (C=O) groups is 1. The van der Waals surface area contributed by atoms with Gasteiger partial charge in [-0.05, 0) is 18.6 Å². The molecule has 2 aromatic rings. The molecule has 5 N–H and O–H groups in total. The fourth-order valence-electron chi connectivity index (χ4n) is 2.99. The number of aromatic nitrogens is 1. The molecule has 0 saturated heterocycles. The maximum Gasteiger partial charge on any atom is 0.255 e. The molecule has 27 heavy (non-hydrogen) atoms. The van der Waals surface area contributed by atoms with E-state index in [1.807, 2.05) is 31.2 Å². The lowest BCUT2D eigenvalue weighted by Gasteiger charge is -2.17. The lowest BCUT2D eigenvalue weighted by atomic mass is 10.0. The number of nitrogens with zero attached hydrogens (tertiary/aromatic N) is 2. The number of hydrogen-bond donors (Lipinski definition) is 4. The summed E-state index contributed by atoms with van der Waals surface area (Å²) < 4.78 is 5.04. The highest BCUT2D eigenvalue weighted by molar-refractivity contribution is 6.04. The largest absolute Gasteiger partial charge is 0.383 e. The fraction of sp³-hybridized carbons (Fsp3) is 0.316. The van der Waals surface area contributed by atoms with Gasteiger partial charge in [-0.1, -0.05) is 18.2 Å². The molecule has 0 aliphatic carbocycles. The number of hydrogen-bond acceptors (Lipinski definition) is 7. The Morgan fingerprint density at radius 1 is 1.41 bits per heavy atom. The van der Waals surface area contributed by atoms with E-state index in [1.165, 1.54) is 0 Å². The molecule has 8 heteroatoms. The second kappa shape index (κ2) is 8.03. The van der Waals surface area contributed by atoms with Gasteiger partial charge in [0.2, 0.25) is 0 Å². The Hall–Kier alpha value is -3.15. The summed E-state index contributed by atoms with van der Waals surface area (Å²) in [7, 11) is 1.58. The van der Waals surface area contributed by atoms with Gasteiger partial charge in [0, 0.05) is 37.5 Å². The predicted molar refractivity (Wildman–Crippen MR) is 103 cm³/mol. The van der Waals surface area contributed by atoms with Gasteiger partial charge in [0.15, 0.2) is 0 Å². The van der Waals surface area contributed by atoms with Gasteiger partial charge in [-0.3, -0.25) is 4.79 Å². The highest BCUT2D eigenvalue weighted by Crippen LogP contribution is 2.32. The average molecular weight is 366 g/mol. The highest BCUT2D eigenvalue weighted by atomic mass is 16.5. The van der Waals surface area contributed by atoms with E-state index in [1.54, 1.807) is 7.11 Å². The van der Waals surface area contributed by atoms with Crippen molar-refractivity contribution in [2.24, 2.45) is 5.73 Å². The Bertz CT molecular complexity index is 906. The van der Waals surface area contributed by atoms with Crippen LogP contribution in [0.5, 0.6) is 0 Å². The number of amides is 1. The predicted octanol–water partition coefficient (Wildman–Crippen LogP) is 1.63. The third-order valence-corrected chi connectivity index (χ3v) is 4.38. The van der Waals surface area contributed by atoms with Crippen molar-refractivity contribution in [3.05, 3.63) is 46.5 Å². The maximum atomic E-state index is 12.3. The van der Waals surface area contributed by atoms with Gasteiger partial charge in [0.1, 0.15) is 23.3 Å². The second-order valence-corrected chi connectivity index (χ2v) is 6.37. The number of para-hydroxylation sites is 1. The van der Waals surface area contributed by atoms with Crippen LogP contribution in [0.25, 0.3) is 0 Å². The molecule has 1 atom stereocenters. The molecule has 2 heterocycles. The highest BCUT2D eigenvalue weighted by Gasteiger charge is 2.29. The molecule has 0 fully saturated rings. The van der Waals surface area contributed by atoms with Crippen molar-refractivity contribution in [2.75, 3.05) is 30.9 Å². The van der Waals surface area contributed by atoms with Crippen molar-refractivity contribution in [1.29, 1.82) is 5.26 Å². The van der Waals surface area contributed by atoms with Gasteiger partial charge in [-0.2, -0.15) is 5.26 Å². The van der Waals surface area contributed by atoms with E-state index in [4.69, 9.17) is 10.5 Å². The summed E-state index contributed by atoms with van der Waals surface area (Å²) in [6, 6.07) is 9.64. The zero-order valence-corrected chi connectivity index (χ0v) is 15.3. The maximum absolute atomic E-state index is 12.3. The first kappa shape index (κ1) is 18.6. The Morgan fingerprint density at radius 2 is 2.19 bits per heavy atom. The molecule has 0 spiro atoms. The molecular weight excluding hydrogens is 344 g/mol. The number of carbonyl (C=O) groups excluding carboxylic acids is 1. The van der Waals surface area contributed by atoms with E-state index in [0.29, 0.717) is 48.0 Å². The first-order valence-corrected chi connectivity index (χ1v) is 8.61.